The number of H-pyrrole nitrogens is 1. The lowest BCUT2D eigenvalue weighted by Crippen LogP contribution is -2.44. The van der Waals surface area contributed by atoms with Crippen molar-refractivity contribution in [2.75, 3.05) is 31.5 Å². The van der Waals surface area contributed by atoms with E-state index >= 15 is 0 Å². The monoisotopic (exact) mass is 398 g/mol. The molecule has 0 atom stereocenters. The molecule has 156 valence electrons. The molecule has 2 aromatic rings. The number of anilines is 1. The van der Waals surface area contributed by atoms with Crippen LogP contribution in [0.4, 0.5) is 5.82 Å². The van der Waals surface area contributed by atoms with E-state index in [2.05, 4.69) is 37.4 Å². The zero-order chi connectivity index (χ0) is 20.8. The van der Waals surface area contributed by atoms with Crippen molar-refractivity contribution in [3.8, 4) is 11.4 Å². The van der Waals surface area contributed by atoms with Crippen molar-refractivity contribution >= 4 is 11.7 Å². The molecular weight excluding hydrogens is 368 g/mol. The molecule has 0 saturated carbocycles. The SMILES string of the molecule is CCCNC(=O)CN1CCC(Nc2ccc(-c3nc(C)c(C)c(=O)[nH]3)cn2)CC1. The van der Waals surface area contributed by atoms with Crippen LogP contribution in [0.25, 0.3) is 11.4 Å². The summed E-state index contributed by atoms with van der Waals surface area (Å²) in [5.41, 5.74) is 2.02. The number of aromatic nitrogens is 3. The van der Waals surface area contributed by atoms with Crippen LogP contribution in [0, 0.1) is 13.8 Å². The maximum Gasteiger partial charge on any atom is 0.254 e. The van der Waals surface area contributed by atoms with Gasteiger partial charge in [-0.2, -0.15) is 0 Å². The van der Waals surface area contributed by atoms with Crippen molar-refractivity contribution < 1.29 is 4.79 Å². The fourth-order valence-electron chi connectivity index (χ4n) is 3.37. The Labute approximate surface area is 171 Å². The Hall–Kier alpha value is -2.74. The van der Waals surface area contributed by atoms with Gasteiger partial charge in [0.05, 0.1) is 6.54 Å². The molecule has 3 rings (SSSR count). The zero-order valence-electron chi connectivity index (χ0n) is 17.4. The summed E-state index contributed by atoms with van der Waals surface area (Å²) in [6, 6.07) is 4.16. The highest BCUT2D eigenvalue weighted by atomic mass is 16.2. The van der Waals surface area contributed by atoms with Crippen molar-refractivity contribution in [2.24, 2.45) is 0 Å². The van der Waals surface area contributed by atoms with Crippen molar-refractivity contribution in [1.29, 1.82) is 0 Å². The number of pyridine rings is 1. The standard InChI is InChI=1S/C21H30N6O2/c1-4-9-22-19(28)13-27-10-7-17(8-11-27)25-18-6-5-16(12-23-18)20-24-15(3)14(2)21(29)26-20/h5-6,12,17H,4,7-11,13H2,1-3H3,(H,22,28)(H,23,25)(H,24,26,29). The van der Waals surface area contributed by atoms with Gasteiger partial charge in [-0.25, -0.2) is 9.97 Å². The lowest BCUT2D eigenvalue weighted by molar-refractivity contribution is -0.122. The predicted molar refractivity (Wildman–Crippen MR) is 114 cm³/mol. The normalized spacial score (nSPS) is 15.3. The summed E-state index contributed by atoms with van der Waals surface area (Å²) < 4.78 is 0. The molecule has 1 aliphatic rings. The van der Waals surface area contributed by atoms with E-state index in [0.29, 0.717) is 24.0 Å². The van der Waals surface area contributed by atoms with Gasteiger partial charge in [0, 0.05) is 48.7 Å². The van der Waals surface area contributed by atoms with Crippen molar-refractivity contribution in [3.05, 3.63) is 39.9 Å². The maximum atomic E-state index is 12.0. The first-order valence-corrected chi connectivity index (χ1v) is 10.3. The van der Waals surface area contributed by atoms with E-state index in [1.165, 1.54) is 0 Å². The molecule has 0 radical (unpaired) electrons. The smallest absolute Gasteiger partial charge is 0.254 e. The Morgan fingerprint density at radius 1 is 1.28 bits per heavy atom. The number of carbonyl (C=O) groups is 1. The number of hydrogen-bond donors (Lipinski definition) is 3. The van der Waals surface area contributed by atoms with E-state index in [1.54, 1.807) is 13.1 Å². The van der Waals surface area contributed by atoms with Gasteiger partial charge in [-0.1, -0.05) is 6.92 Å². The third kappa shape index (κ3) is 5.63. The van der Waals surface area contributed by atoms with Crippen molar-refractivity contribution in [1.82, 2.24) is 25.2 Å². The molecule has 0 spiro atoms. The Kier molecular flexibility index (Phi) is 6.98. The Bertz CT molecular complexity index is 885. The summed E-state index contributed by atoms with van der Waals surface area (Å²) in [5.74, 6) is 1.44. The molecule has 0 aliphatic carbocycles. The highest BCUT2D eigenvalue weighted by Gasteiger charge is 2.21. The summed E-state index contributed by atoms with van der Waals surface area (Å²) in [5, 5.41) is 6.39. The maximum absolute atomic E-state index is 12.0. The van der Waals surface area contributed by atoms with E-state index in [1.807, 2.05) is 19.1 Å². The summed E-state index contributed by atoms with van der Waals surface area (Å²) in [6.45, 7) is 8.64. The molecule has 1 fully saturated rings. The third-order valence-electron chi connectivity index (χ3n) is 5.31. The van der Waals surface area contributed by atoms with Gasteiger partial charge < -0.3 is 15.6 Å². The largest absolute Gasteiger partial charge is 0.367 e. The second kappa shape index (κ2) is 9.65. The Balaban J connectivity index is 1.52. The molecule has 1 aliphatic heterocycles. The van der Waals surface area contributed by atoms with E-state index in [9.17, 15) is 9.59 Å². The molecule has 8 nitrogen and oxygen atoms in total. The van der Waals surface area contributed by atoms with Gasteiger partial charge >= 0.3 is 0 Å². The topological polar surface area (TPSA) is 103 Å². The van der Waals surface area contributed by atoms with Crippen LogP contribution in [-0.4, -0.2) is 58.0 Å². The quantitative estimate of drug-likeness (QED) is 0.658. The minimum absolute atomic E-state index is 0.105. The molecule has 2 aromatic heterocycles. The van der Waals surface area contributed by atoms with Gasteiger partial charge in [-0.3, -0.25) is 14.5 Å². The second-order valence-electron chi connectivity index (χ2n) is 7.60. The fourth-order valence-corrected chi connectivity index (χ4v) is 3.37. The lowest BCUT2D eigenvalue weighted by Gasteiger charge is -2.32. The average molecular weight is 399 g/mol. The zero-order valence-corrected chi connectivity index (χ0v) is 17.4. The van der Waals surface area contributed by atoms with Gasteiger partial charge in [0.15, 0.2) is 0 Å². The van der Waals surface area contributed by atoms with E-state index in [-0.39, 0.29) is 11.5 Å². The summed E-state index contributed by atoms with van der Waals surface area (Å²) in [4.78, 5) is 37.7. The lowest BCUT2D eigenvalue weighted by atomic mass is 10.0. The number of piperidine rings is 1. The molecule has 29 heavy (non-hydrogen) atoms. The average Bonchev–Trinajstić information content (AvgIpc) is 2.72. The summed E-state index contributed by atoms with van der Waals surface area (Å²) >= 11 is 0. The summed E-state index contributed by atoms with van der Waals surface area (Å²) in [7, 11) is 0. The van der Waals surface area contributed by atoms with Crippen molar-refractivity contribution in [2.45, 2.75) is 46.1 Å². The molecule has 3 heterocycles. The molecular formula is C21H30N6O2. The minimum Gasteiger partial charge on any atom is -0.367 e. The van der Waals surface area contributed by atoms with Crippen LogP contribution in [-0.2, 0) is 4.79 Å². The molecule has 1 saturated heterocycles. The number of amides is 1. The van der Waals surface area contributed by atoms with Crippen LogP contribution in [0.5, 0.6) is 0 Å². The van der Waals surface area contributed by atoms with Crippen LogP contribution in [0.3, 0.4) is 0 Å². The fraction of sp³-hybridized carbons (Fsp3) is 0.524. The highest BCUT2D eigenvalue weighted by molar-refractivity contribution is 5.77. The van der Waals surface area contributed by atoms with Gasteiger partial charge in [-0.05, 0) is 45.2 Å². The van der Waals surface area contributed by atoms with E-state index in [4.69, 9.17) is 0 Å². The predicted octanol–water partition coefficient (Wildman–Crippen LogP) is 1.85. The number of nitrogens with one attached hydrogen (secondary N) is 3. The first kappa shape index (κ1) is 21.0. The van der Waals surface area contributed by atoms with Gasteiger partial charge in [0.2, 0.25) is 5.91 Å². The van der Waals surface area contributed by atoms with Crippen molar-refractivity contribution in [3.63, 3.8) is 0 Å². The molecule has 3 N–H and O–H groups in total. The number of rotatable bonds is 7. The first-order chi connectivity index (χ1) is 14.0. The molecule has 1 amide bonds. The van der Waals surface area contributed by atoms with Crippen LogP contribution in [0.15, 0.2) is 23.1 Å². The number of likely N-dealkylation sites (tertiary alicyclic amines) is 1. The number of nitrogens with zero attached hydrogens (tertiary/aromatic N) is 3. The number of aromatic amines is 1. The summed E-state index contributed by atoms with van der Waals surface area (Å²) in [6.07, 6.45) is 4.62. The highest BCUT2D eigenvalue weighted by Crippen LogP contribution is 2.18. The molecule has 8 heteroatoms. The van der Waals surface area contributed by atoms with E-state index in [0.717, 1.165) is 56.0 Å². The van der Waals surface area contributed by atoms with Crippen LogP contribution in [0.2, 0.25) is 0 Å². The number of aryl methyl sites for hydroxylation is 1. The van der Waals surface area contributed by atoms with Crippen LogP contribution < -0.4 is 16.2 Å². The van der Waals surface area contributed by atoms with Gasteiger partial charge in [0.1, 0.15) is 11.6 Å². The second-order valence-corrected chi connectivity index (χ2v) is 7.60. The van der Waals surface area contributed by atoms with E-state index < -0.39 is 0 Å². The molecule has 0 bridgehead atoms. The third-order valence-corrected chi connectivity index (χ3v) is 5.31. The van der Waals surface area contributed by atoms with Gasteiger partial charge in [0.25, 0.3) is 5.56 Å². The number of hydrogen-bond acceptors (Lipinski definition) is 6. The Morgan fingerprint density at radius 2 is 2.03 bits per heavy atom. The van der Waals surface area contributed by atoms with Crippen LogP contribution >= 0.6 is 0 Å². The Morgan fingerprint density at radius 3 is 2.66 bits per heavy atom. The molecule has 0 aromatic carbocycles. The first-order valence-electron chi connectivity index (χ1n) is 10.3. The number of carbonyl (C=O) groups excluding carboxylic acids is 1. The molecule has 0 unspecified atom stereocenters. The van der Waals surface area contributed by atoms with Gasteiger partial charge in [-0.15, -0.1) is 0 Å². The van der Waals surface area contributed by atoms with Crippen LogP contribution in [0.1, 0.15) is 37.4 Å². The minimum atomic E-state index is -0.121.